The van der Waals surface area contributed by atoms with Crippen LogP contribution in [0, 0.1) is 0 Å². The minimum absolute atomic E-state index is 0.0116. The molecule has 0 bridgehead atoms. The lowest BCUT2D eigenvalue weighted by Crippen LogP contribution is -2.19. The van der Waals surface area contributed by atoms with Crippen molar-refractivity contribution in [3.8, 4) is 11.3 Å². The second kappa shape index (κ2) is 6.65. The Balaban J connectivity index is 2.00. The molecule has 8 heteroatoms. The van der Waals surface area contributed by atoms with E-state index in [2.05, 4.69) is 15.1 Å². The number of fused-ring (bicyclic) bond motifs is 1. The molecule has 25 heavy (non-hydrogen) atoms. The minimum atomic E-state index is -2.69. The number of aromatic nitrogens is 4. The monoisotopic (exact) mass is 364 g/mol. The molecule has 130 valence electrons. The van der Waals surface area contributed by atoms with E-state index in [1.54, 1.807) is 29.2 Å². The summed E-state index contributed by atoms with van der Waals surface area (Å²) in [6.07, 6.45) is 2.90. The number of ether oxygens (including phenoxy) is 1. The Morgan fingerprint density at radius 1 is 1.32 bits per heavy atom. The number of rotatable bonds is 3. The van der Waals surface area contributed by atoms with Gasteiger partial charge in [0.25, 0.3) is 6.43 Å². The average molecular weight is 365 g/mol. The SMILES string of the molecule is FC(F)c1cc(Cl)nc2c1c(-c1cccnc1)nn2C1CCCCO1. The summed E-state index contributed by atoms with van der Waals surface area (Å²) in [7, 11) is 0. The maximum absolute atomic E-state index is 13.7. The first-order valence-electron chi connectivity index (χ1n) is 8.04. The highest BCUT2D eigenvalue weighted by atomic mass is 35.5. The van der Waals surface area contributed by atoms with Gasteiger partial charge in [-0.15, -0.1) is 0 Å². The molecular weight excluding hydrogens is 350 g/mol. The lowest BCUT2D eigenvalue weighted by Gasteiger charge is -2.23. The van der Waals surface area contributed by atoms with Crippen LogP contribution in [0.3, 0.4) is 0 Å². The highest BCUT2D eigenvalue weighted by molar-refractivity contribution is 6.30. The fraction of sp³-hybridized carbons (Fsp3) is 0.353. The van der Waals surface area contributed by atoms with Gasteiger partial charge in [-0.3, -0.25) is 4.98 Å². The Morgan fingerprint density at radius 3 is 2.88 bits per heavy atom. The van der Waals surface area contributed by atoms with Crippen LogP contribution in [0.15, 0.2) is 30.6 Å². The predicted molar refractivity (Wildman–Crippen MR) is 89.6 cm³/mol. The molecule has 3 aromatic heterocycles. The van der Waals surface area contributed by atoms with Gasteiger partial charge in [0.05, 0.1) is 5.39 Å². The van der Waals surface area contributed by atoms with Crippen molar-refractivity contribution < 1.29 is 13.5 Å². The molecule has 1 fully saturated rings. The van der Waals surface area contributed by atoms with E-state index in [1.807, 2.05) is 0 Å². The molecule has 4 rings (SSSR count). The molecule has 0 amide bonds. The molecule has 0 saturated carbocycles. The van der Waals surface area contributed by atoms with Crippen LogP contribution < -0.4 is 0 Å². The van der Waals surface area contributed by atoms with Gasteiger partial charge >= 0.3 is 0 Å². The normalized spacial score (nSPS) is 18.2. The molecule has 1 aliphatic heterocycles. The minimum Gasteiger partial charge on any atom is -0.356 e. The summed E-state index contributed by atoms with van der Waals surface area (Å²) in [5.41, 5.74) is 1.19. The molecule has 0 aromatic carbocycles. The van der Waals surface area contributed by atoms with E-state index in [4.69, 9.17) is 16.3 Å². The van der Waals surface area contributed by atoms with Crippen LogP contribution in [0.4, 0.5) is 8.78 Å². The fourth-order valence-electron chi connectivity index (χ4n) is 3.13. The molecule has 0 N–H and O–H groups in total. The molecule has 4 heterocycles. The van der Waals surface area contributed by atoms with E-state index in [-0.39, 0.29) is 16.9 Å². The summed E-state index contributed by atoms with van der Waals surface area (Å²) in [4.78, 5) is 8.34. The lowest BCUT2D eigenvalue weighted by atomic mass is 10.1. The maximum Gasteiger partial charge on any atom is 0.264 e. The zero-order valence-corrected chi connectivity index (χ0v) is 14.0. The molecule has 0 spiro atoms. The van der Waals surface area contributed by atoms with Gasteiger partial charge in [0.1, 0.15) is 10.8 Å². The number of hydrogen-bond donors (Lipinski definition) is 0. The third kappa shape index (κ3) is 2.98. The van der Waals surface area contributed by atoms with Crippen molar-refractivity contribution in [1.82, 2.24) is 19.7 Å². The Kier molecular flexibility index (Phi) is 4.35. The van der Waals surface area contributed by atoms with Crippen molar-refractivity contribution in [2.45, 2.75) is 31.9 Å². The summed E-state index contributed by atoms with van der Waals surface area (Å²) in [6, 6.07) is 4.72. The number of alkyl halides is 2. The molecule has 1 saturated heterocycles. The Bertz CT molecular complexity index is 895. The highest BCUT2D eigenvalue weighted by Gasteiger charge is 2.27. The summed E-state index contributed by atoms with van der Waals surface area (Å²) in [5, 5.41) is 4.87. The van der Waals surface area contributed by atoms with E-state index < -0.39 is 6.43 Å². The summed E-state index contributed by atoms with van der Waals surface area (Å²) in [5.74, 6) is 0. The van der Waals surface area contributed by atoms with Crippen molar-refractivity contribution in [2.24, 2.45) is 0 Å². The molecule has 0 radical (unpaired) electrons. The fourth-order valence-corrected chi connectivity index (χ4v) is 3.32. The zero-order valence-electron chi connectivity index (χ0n) is 13.2. The molecule has 0 aliphatic carbocycles. The smallest absolute Gasteiger partial charge is 0.264 e. The third-order valence-electron chi connectivity index (χ3n) is 4.26. The van der Waals surface area contributed by atoms with Gasteiger partial charge in [0, 0.05) is 30.1 Å². The molecule has 1 atom stereocenters. The average Bonchev–Trinajstić information content (AvgIpc) is 3.01. The number of nitrogens with zero attached hydrogens (tertiary/aromatic N) is 4. The van der Waals surface area contributed by atoms with Gasteiger partial charge in [-0.25, -0.2) is 18.4 Å². The van der Waals surface area contributed by atoms with Gasteiger partial charge in [-0.05, 0) is 37.5 Å². The molecule has 3 aromatic rings. The topological polar surface area (TPSA) is 52.8 Å². The van der Waals surface area contributed by atoms with Crippen LogP contribution in [-0.4, -0.2) is 26.4 Å². The third-order valence-corrected chi connectivity index (χ3v) is 4.45. The lowest BCUT2D eigenvalue weighted by molar-refractivity contribution is -0.0368. The summed E-state index contributed by atoms with van der Waals surface area (Å²) >= 11 is 6.00. The van der Waals surface area contributed by atoms with Crippen molar-refractivity contribution in [3.63, 3.8) is 0 Å². The second-order valence-corrected chi connectivity index (χ2v) is 6.28. The van der Waals surface area contributed by atoms with E-state index >= 15 is 0 Å². The van der Waals surface area contributed by atoms with Gasteiger partial charge in [0.15, 0.2) is 11.9 Å². The maximum atomic E-state index is 13.7. The van der Waals surface area contributed by atoms with Gasteiger partial charge in [-0.1, -0.05) is 11.6 Å². The Morgan fingerprint density at radius 2 is 2.20 bits per heavy atom. The van der Waals surface area contributed by atoms with Gasteiger partial charge in [-0.2, -0.15) is 5.10 Å². The standard InChI is InChI=1S/C17H15ClF2N4O/c18-12-8-11(16(19)20)14-15(10-4-3-6-21-9-10)23-24(17(14)22-12)13-5-1-2-7-25-13/h3-4,6,8-9,13,16H,1-2,5,7H2. The number of halogens is 3. The van der Waals surface area contributed by atoms with Crippen LogP contribution in [0.5, 0.6) is 0 Å². The molecule has 1 aliphatic rings. The van der Waals surface area contributed by atoms with Crippen LogP contribution >= 0.6 is 11.6 Å². The van der Waals surface area contributed by atoms with Crippen molar-refractivity contribution in [2.75, 3.05) is 6.61 Å². The largest absolute Gasteiger partial charge is 0.356 e. The quantitative estimate of drug-likeness (QED) is 0.627. The first-order chi connectivity index (χ1) is 12.1. The Hall–Kier alpha value is -2.12. The summed E-state index contributed by atoms with van der Waals surface area (Å²) < 4.78 is 34.7. The van der Waals surface area contributed by atoms with E-state index in [9.17, 15) is 8.78 Å². The van der Waals surface area contributed by atoms with Crippen LogP contribution in [0.2, 0.25) is 5.15 Å². The second-order valence-electron chi connectivity index (χ2n) is 5.89. The van der Waals surface area contributed by atoms with Crippen LogP contribution in [-0.2, 0) is 4.74 Å². The first kappa shape index (κ1) is 16.4. The van der Waals surface area contributed by atoms with Crippen LogP contribution in [0.25, 0.3) is 22.3 Å². The van der Waals surface area contributed by atoms with E-state index in [0.29, 0.717) is 28.9 Å². The molecular formula is C17H15ClF2N4O. The van der Waals surface area contributed by atoms with E-state index in [0.717, 1.165) is 19.3 Å². The predicted octanol–water partition coefficient (Wildman–Crippen LogP) is 4.78. The van der Waals surface area contributed by atoms with Crippen molar-refractivity contribution >= 4 is 22.6 Å². The van der Waals surface area contributed by atoms with E-state index in [1.165, 1.54) is 6.07 Å². The Labute approximate surface area is 147 Å². The van der Waals surface area contributed by atoms with Gasteiger partial charge < -0.3 is 4.74 Å². The number of hydrogen-bond acceptors (Lipinski definition) is 4. The first-order valence-corrected chi connectivity index (χ1v) is 8.42. The van der Waals surface area contributed by atoms with Crippen molar-refractivity contribution in [3.05, 3.63) is 41.3 Å². The molecule has 5 nitrogen and oxygen atoms in total. The number of pyridine rings is 2. The summed E-state index contributed by atoms with van der Waals surface area (Å²) in [6.45, 7) is 0.608. The highest BCUT2D eigenvalue weighted by Crippen LogP contribution is 2.38. The van der Waals surface area contributed by atoms with Gasteiger partial charge in [0.2, 0.25) is 0 Å². The van der Waals surface area contributed by atoms with Crippen LogP contribution in [0.1, 0.15) is 37.5 Å². The van der Waals surface area contributed by atoms with Crippen molar-refractivity contribution in [1.29, 1.82) is 0 Å². The molecule has 1 unspecified atom stereocenters. The zero-order chi connectivity index (χ0) is 17.4.